The van der Waals surface area contributed by atoms with Crippen LogP contribution in [0.1, 0.15) is 29.0 Å². The lowest BCUT2D eigenvalue weighted by atomic mass is 10.2. The van der Waals surface area contributed by atoms with Crippen molar-refractivity contribution in [2.75, 3.05) is 18.8 Å². The van der Waals surface area contributed by atoms with Gasteiger partial charge in [-0.2, -0.15) is 0 Å². The fourth-order valence-electron chi connectivity index (χ4n) is 2.42. The van der Waals surface area contributed by atoms with Crippen LogP contribution in [-0.4, -0.2) is 34.8 Å². The standard InChI is InChI=1S/C18H25N3O2S.ClH/c1-14-17(15(2)23-20-14)12-24-13-18(22)21(10-6-9-19)11-16-7-4-3-5-8-16;/h3-5,7-8H,6,9-13,19H2,1-2H3;1H. The number of hydrogen-bond donors (Lipinski definition) is 1. The summed E-state index contributed by atoms with van der Waals surface area (Å²) in [6.07, 6.45) is 0.813. The summed E-state index contributed by atoms with van der Waals surface area (Å²) in [5.74, 6) is 2.16. The molecule has 0 aliphatic heterocycles. The Morgan fingerprint density at radius 2 is 2.00 bits per heavy atom. The summed E-state index contributed by atoms with van der Waals surface area (Å²) in [4.78, 5) is 14.5. The Morgan fingerprint density at radius 3 is 2.60 bits per heavy atom. The molecule has 2 N–H and O–H groups in total. The lowest BCUT2D eigenvalue weighted by molar-refractivity contribution is -0.129. The number of nitrogens with zero attached hydrogens (tertiary/aromatic N) is 2. The molecule has 0 spiro atoms. The maximum Gasteiger partial charge on any atom is 0.232 e. The molecule has 1 amide bonds. The van der Waals surface area contributed by atoms with Gasteiger partial charge in [-0.3, -0.25) is 4.79 Å². The van der Waals surface area contributed by atoms with E-state index in [1.807, 2.05) is 49.1 Å². The van der Waals surface area contributed by atoms with Gasteiger partial charge in [0.05, 0.1) is 11.4 Å². The number of amides is 1. The van der Waals surface area contributed by atoms with Gasteiger partial charge in [0.25, 0.3) is 0 Å². The van der Waals surface area contributed by atoms with Crippen LogP contribution in [0.4, 0.5) is 0 Å². The Balaban J connectivity index is 0.00000312. The predicted molar refractivity (Wildman–Crippen MR) is 105 cm³/mol. The minimum Gasteiger partial charge on any atom is -0.361 e. The van der Waals surface area contributed by atoms with Gasteiger partial charge in [-0.1, -0.05) is 35.5 Å². The lowest BCUT2D eigenvalue weighted by Crippen LogP contribution is -2.33. The van der Waals surface area contributed by atoms with Crippen LogP contribution in [0, 0.1) is 13.8 Å². The summed E-state index contributed by atoms with van der Waals surface area (Å²) in [5, 5.41) is 3.95. The third kappa shape index (κ3) is 6.72. The third-order valence-electron chi connectivity index (χ3n) is 3.85. The minimum atomic E-state index is 0. The van der Waals surface area contributed by atoms with Crippen molar-refractivity contribution >= 4 is 30.1 Å². The van der Waals surface area contributed by atoms with Gasteiger partial charge in [-0.05, 0) is 32.4 Å². The molecular formula is C18H26ClN3O2S. The highest BCUT2D eigenvalue weighted by Gasteiger charge is 2.15. The highest BCUT2D eigenvalue weighted by Crippen LogP contribution is 2.20. The molecule has 1 heterocycles. The van der Waals surface area contributed by atoms with E-state index >= 15 is 0 Å². The second-order valence-electron chi connectivity index (χ2n) is 5.74. The van der Waals surface area contributed by atoms with E-state index in [9.17, 15) is 4.79 Å². The first-order chi connectivity index (χ1) is 11.6. The lowest BCUT2D eigenvalue weighted by Gasteiger charge is -2.22. The van der Waals surface area contributed by atoms with Crippen LogP contribution in [0.3, 0.4) is 0 Å². The van der Waals surface area contributed by atoms with Crippen molar-refractivity contribution in [3.05, 3.63) is 52.9 Å². The van der Waals surface area contributed by atoms with Crippen LogP contribution < -0.4 is 5.73 Å². The molecule has 5 nitrogen and oxygen atoms in total. The monoisotopic (exact) mass is 383 g/mol. The average Bonchev–Trinajstić information content (AvgIpc) is 2.91. The quantitative estimate of drug-likeness (QED) is 0.719. The van der Waals surface area contributed by atoms with E-state index in [1.165, 1.54) is 0 Å². The number of aryl methyl sites for hydroxylation is 2. The molecule has 0 aliphatic carbocycles. The summed E-state index contributed by atoms with van der Waals surface area (Å²) >= 11 is 1.60. The summed E-state index contributed by atoms with van der Waals surface area (Å²) in [6, 6.07) is 10.1. The highest BCUT2D eigenvalue weighted by atomic mass is 35.5. The minimum absolute atomic E-state index is 0. The summed E-state index contributed by atoms with van der Waals surface area (Å²) in [5.41, 5.74) is 8.73. The maximum absolute atomic E-state index is 12.6. The van der Waals surface area contributed by atoms with Gasteiger partial charge in [-0.25, -0.2) is 0 Å². The average molecular weight is 384 g/mol. The molecule has 1 aromatic carbocycles. The van der Waals surface area contributed by atoms with Crippen molar-refractivity contribution in [2.24, 2.45) is 5.73 Å². The number of carbonyl (C=O) groups excluding carboxylic acids is 1. The number of thioether (sulfide) groups is 1. The maximum atomic E-state index is 12.6. The second-order valence-corrected chi connectivity index (χ2v) is 6.72. The van der Waals surface area contributed by atoms with E-state index in [2.05, 4.69) is 5.16 Å². The van der Waals surface area contributed by atoms with Crippen molar-refractivity contribution in [1.29, 1.82) is 0 Å². The van der Waals surface area contributed by atoms with Gasteiger partial charge in [0, 0.05) is 24.4 Å². The Hall–Kier alpha value is -1.50. The molecule has 0 fully saturated rings. The first kappa shape index (κ1) is 21.5. The molecule has 0 aliphatic rings. The third-order valence-corrected chi connectivity index (χ3v) is 4.80. The van der Waals surface area contributed by atoms with E-state index in [0.717, 1.165) is 34.8 Å². The van der Waals surface area contributed by atoms with Crippen LogP contribution in [0.5, 0.6) is 0 Å². The Kier molecular flexibility index (Phi) is 9.63. The largest absolute Gasteiger partial charge is 0.361 e. The zero-order valence-corrected chi connectivity index (χ0v) is 16.4. The number of aromatic nitrogens is 1. The summed E-state index contributed by atoms with van der Waals surface area (Å²) < 4.78 is 5.16. The zero-order chi connectivity index (χ0) is 17.4. The van der Waals surface area contributed by atoms with E-state index < -0.39 is 0 Å². The highest BCUT2D eigenvalue weighted by molar-refractivity contribution is 7.99. The van der Waals surface area contributed by atoms with E-state index in [-0.39, 0.29) is 18.3 Å². The van der Waals surface area contributed by atoms with Crippen LogP contribution >= 0.6 is 24.2 Å². The fraction of sp³-hybridized carbons (Fsp3) is 0.444. The molecule has 0 unspecified atom stereocenters. The first-order valence-corrected chi connectivity index (χ1v) is 9.28. The van der Waals surface area contributed by atoms with Crippen LogP contribution in [0.25, 0.3) is 0 Å². The number of benzene rings is 1. The van der Waals surface area contributed by atoms with Gasteiger partial charge in [-0.15, -0.1) is 24.2 Å². The van der Waals surface area contributed by atoms with Gasteiger partial charge in [0.2, 0.25) is 5.91 Å². The van der Waals surface area contributed by atoms with Gasteiger partial charge < -0.3 is 15.2 Å². The normalized spacial score (nSPS) is 10.4. The van der Waals surface area contributed by atoms with E-state index in [0.29, 0.717) is 25.4 Å². The van der Waals surface area contributed by atoms with Gasteiger partial charge in [0.1, 0.15) is 5.76 Å². The number of nitrogens with two attached hydrogens (primary N) is 1. The summed E-state index contributed by atoms with van der Waals surface area (Å²) in [6.45, 7) is 5.74. The number of rotatable bonds is 9. The SMILES string of the molecule is Cc1noc(C)c1CSCC(=O)N(CCCN)Cc1ccccc1.Cl. The van der Waals surface area contributed by atoms with Crippen LogP contribution in [0.15, 0.2) is 34.9 Å². The molecule has 2 rings (SSSR count). The van der Waals surface area contributed by atoms with Crippen molar-refractivity contribution in [1.82, 2.24) is 10.1 Å². The molecule has 2 aromatic rings. The Bertz CT molecular complexity index is 630. The van der Waals surface area contributed by atoms with E-state index in [4.69, 9.17) is 10.3 Å². The number of carbonyl (C=O) groups is 1. The molecule has 0 radical (unpaired) electrons. The first-order valence-electron chi connectivity index (χ1n) is 8.13. The van der Waals surface area contributed by atoms with Crippen molar-refractivity contribution in [3.63, 3.8) is 0 Å². The van der Waals surface area contributed by atoms with E-state index in [1.54, 1.807) is 11.8 Å². The van der Waals surface area contributed by atoms with Gasteiger partial charge >= 0.3 is 0 Å². The van der Waals surface area contributed by atoms with Crippen LogP contribution in [0.2, 0.25) is 0 Å². The fourth-order valence-corrected chi connectivity index (χ4v) is 3.49. The molecule has 0 bridgehead atoms. The van der Waals surface area contributed by atoms with Crippen molar-refractivity contribution in [3.8, 4) is 0 Å². The predicted octanol–water partition coefficient (Wildman–Crippen LogP) is 3.32. The molecule has 1 aromatic heterocycles. The van der Waals surface area contributed by atoms with Crippen molar-refractivity contribution in [2.45, 2.75) is 32.6 Å². The topological polar surface area (TPSA) is 72.4 Å². The van der Waals surface area contributed by atoms with Crippen LogP contribution in [-0.2, 0) is 17.1 Å². The smallest absolute Gasteiger partial charge is 0.232 e. The Morgan fingerprint density at radius 1 is 1.28 bits per heavy atom. The van der Waals surface area contributed by atoms with Gasteiger partial charge in [0.15, 0.2) is 0 Å². The molecular weight excluding hydrogens is 358 g/mol. The number of halogens is 1. The van der Waals surface area contributed by atoms with Crippen molar-refractivity contribution < 1.29 is 9.32 Å². The zero-order valence-electron chi connectivity index (χ0n) is 14.7. The second kappa shape index (κ2) is 11.2. The number of hydrogen-bond acceptors (Lipinski definition) is 5. The summed E-state index contributed by atoms with van der Waals surface area (Å²) in [7, 11) is 0. The molecule has 138 valence electrons. The Labute approximate surface area is 159 Å². The molecule has 0 saturated carbocycles. The molecule has 0 atom stereocenters. The molecule has 0 saturated heterocycles. The molecule has 25 heavy (non-hydrogen) atoms. The molecule has 7 heteroatoms.